The average molecular weight is 218 g/mol. The molecule has 0 radical (unpaired) electrons. The summed E-state index contributed by atoms with van der Waals surface area (Å²) in [4.78, 5) is 11.5. The summed E-state index contributed by atoms with van der Waals surface area (Å²) < 4.78 is 10.3. The van der Waals surface area contributed by atoms with E-state index < -0.39 is 0 Å². The van der Waals surface area contributed by atoms with E-state index in [0.29, 0.717) is 5.56 Å². The van der Waals surface area contributed by atoms with Crippen LogP contribution in [0.5, 0.6) is 0 Å². The Morgan fingerprint density at radius 2 is 1.94 bits per heavy atom. The second-order valence-corrected chi connectivity index (χ2v) is 3.43. The highest BCUT2D eigenvalue weighted by atomic mass is 16.5. The average Bonchev–Trinajstić information content (AvgIpc) is 2.87. The van der Waals surface area contributed by atoms with Crippen molar-refractivity contribution in [1.82, 2.24) is 0 Å². The number of cyclic esters (lactones) is 1. The lowest BCUT2D eigenvalue weighted by atomic mass is 10.0. The standard InChI is InChI=1S/C12H8O3.H2O/c13-12-10-4-2-1-3-9(10)11(15-12)8-5-6-14-7-8;/h1-7,11H;1H2. The number of benzene rings is 1. The molecule has 0 amide bonds. The van der Waals surface area contributed by atoms with Crippen LogP contribution in [0, 0.1) is 0 Å². The zero-order valence-electron chi connectivity index (χ0n) is 8.34. The first-order chi connectivity index (χ1) is 7.36. The Balaban J connectivity index is 0.000000963. The van der Waals surface area contributed by atoms with Gasteiger partial charge in [0.1, 0.15) is 0 Å². The molecule has 0 spiro atoms. The molecule has 16 heavy (non-hydrogen) atoms. The Morgan fingerprint density at radius 1 is 1.12 bits per heavy atom. The summed E-state index contributed by atoms with van der Waals surface area (Å²) in [6, 6.07) is 9.21. The molecule has 0 bridgehead atoms. The molecule has 1 atom stereocenters. The molecule has 1 unspecified atom stereocenters. The Labute approximate surface area is 91.8 Å². The largest absolute Gasteiger partial charge is 0.472 e. The smallest absolute Gasteiger partial charge is 0.339 e. The second-order valence-electron chi connectivity index (χ2n) is 3.43. The van der Waals surface area contributed by atoms with Crippen LogP contribution in [0.1, 0.15) is 27.6 Å². The third-order valence-electron chi connectivity index (χ3n) is 2.53. The molecule has 2 aromatic rings. The quantitative estimate of drug-likeness (QED) is 0.684. The van der Waals surface area contributed by atoms with Crippen molar-refractivity contribution in [1.29, 1.82) is 0 Å². The van der Waals surface area contributed by atoms with Crippen molar-refractivity contribution in [3.8, 4) is 0 Å². The molecule has 1 aromatic heterocycles. The summed E-state index contributed by atoms with van der Waals surface area (Å²) in [5, 5.41) is 0. The van der Waals surface area contributed by atoms with Gasteiger partial charge in [-0.05, 0) is 12.1 Å². The lowest BCUT2D eigenvalue weighted by molar-refractivity contribution is 0.0455. The van der Waals surface area contributed by atoms with Gasteiger partial charge in [0.15, 0.2) is 6.10 Å². The lowest BCUT2D eigenvalue weighted by Gasteiger charge is -2.06. The van der Waals surface area contributed by atoms with Crippen molar-refractivity contribution in [3.63, 3.8) is 0 Å². The number of hydrogen-bond acceptors (Lipinski definition) is 3. The fourth-order valence-corrected chi connectivity index (χ4v) is 1.82. The van der Waals surface area contributed by atoms with Gasteiger partial charge in [-0.1, -0.05) is 18.2 Å². The van der Waals surface area contributed by atoms with E-state index in [2.05, 4.69) is 0 Å². The topological polar surface area (TPSA) is 70.9 Å². The highest BCUT2D eigenvalue weighted by Gasteiger charge is 2.32. The van der Waals surface area contributed by atoms with Crippen LogP contribution < -0.4 is 0 Å². The monoisotopic (exact) mass is 218 g/mol. The first kappa shape index (κ1) is 10.4. The first-order valence-electron chi connectivity index (χ1n) is 4.68. The molecule has 0 aliphatic carbocycles. The van der Waals surface area contributed by atoms with Crippen LogP contribution in [0.3, 0.4) is 0 Å². The minimum atomic E-state index is -0.313. The minimum Gasteiger partial charge on any atom is -0.472 e. The maximum Gasteiger partial charge on any atom is 0.339 e. The molecule has 0 saturated carbocycles. The highest BCUT2D eigenvalue weighted by molar-refractivity contribution is 5.94. The van der Waals surface area contributed by atoms with Gasteiger partial charge in [0, 0.05) is 11.1 Å². The number of carbonyl (C=O) groups is 1. The number of fused-ring (bicyclic) bond motifs is 1. The Kier molecular flexibility index (Phi) is 2.50. The summed E-state index contributed by atoms with van der Waals surface area (Å²) in [7, 11) is 0. The molecule has 0 fully saturated rings. The van der Waals surface area contributed by atoms with Gasteiger partial charge in [-0.3, -0.25) is 0 Å². The predicted octanol–water partition coefficient (Wildman–Crippen LogP) is 1.71. The molecule has 4 heteroatoms. The molecule has 1 aliphatic rings. The molecule has 1 aromatic carbocycles. The van der Waals surface area contributed by atoms with Crippen molar-refractivity contribution in [2.24, 2.45) is 0 Å². The maximum atomic E-state index is 11.5. The predicted molar refractivity (Wildman–Crippen MR) is 56.0 cm³/mol. The zero-order valence-corrected chi connectivity index (χ0v) is 8.34. The van der Waals surface area contributed by atoms with Crippen LogP contribution in [0.4, 0.5) is 0 Å². The molecular weight excluding hydrogens is 208 g/mol. The normalized spacial score (nSPS) is 17.5. The minimum absolute atomic E-state index is 0. The number of rotatable bonds is 1. The summed E-state index contributed by atoms with van der Waals surface area (Å²) >= 11 is 0. The molecule has 2 N–H and O–H groups in total. The Bertz CT molecular complexity index is 501. The van der Waals surface area contributed by atoms with E-state index in [-0.39, 0.29) is 17.5 Å². The van der Waals surface area contributed by atoms with Crippen molar-refractivity contribution >= 4 is 5.97 Å². The molecular formula is C12H10O4. The first-order valence-corrected chi connectivity index (χ1v) is 4.68. The molecule has 2 heterocycles. The number of furan rings is 1. The van der Waals surface area contributed by atoms with E-state index in [1.54, 1.807) is 24.7 Å². The van der Waals surface area contributed by atoms with Gasteiger partial charge in [-0.2, -0.15) is 0 Å². The van der Waals surface area contributed by atoms with Crippen LogP contribution in [0.25, 0.3) is 0 Å². The van der Waals surface area contributed by atoms with Crippen molar-refractivity contribution in [2.45, 2.75) is 6.10 Å². The van der Waals surface area contributed by atoms with Crippen LogP contribution >= 0.6 is 0 Å². The van der Waals surface area contributed by atoms with Gasteiger partial charge in [0.2, 0.25) is 0 Å². The van der Waals surface area contributed by atoms with E-state index in [4.69, 9.17) is 9.15 Å². The number of carbonyl (C=O) groups excluding carboxylic acids is 1. The van der Waals surface area contributed by atoms with E-state index in [1.165, 1.54) is 0 Å². The van der Waals surface area contributed by atoms with Crippen LogP contribution in [0.2, 0.25) is 0 Å². The summed E-state index contributed by atoms with van der Waals surface area (Å²) in [6.07, 6.45) is 2.86. The molecule has 1 aliphatic heterocycles. The van der Waals surface area contributed by atoms with E-state index in [0.717, 1.165) is 11.1 Å². The van der Waals surface area contributed by atoms with Gasteiger partial charge in [-0.25, -0.2) is 4.79 Å². The Hall–Kier alpha value is -2.07. The molecule has 82 valence electrons. The van der Waals surface area contributed by atoms with Gasteiger partial charge < -0.3 is 14.6 Å². The van der Waals surface area contributed by atoms with E-state index in [9.17, 15) is 4.79 Å². The SMILES string of the molecule is O.O=C1OC(c2ccoc2)c2ccccc21. The van der Waals surface area contributed by atoms with Crippen molar-refractivity contribution < 1.29 is 19.4 Å². The summed E-state index contributed by atoms with van der Waals surface area (Å²) in [5.74, 6) is -0.267. The van der Waals surface area contributed by atoms with Crippen LogP contribution in [0.15, 0.2) is 47.3 Å². The van der Waals surface area contributed by atoms with E-state index in [1.807, 2.05) is 18.2 Å². The van der Waals surface area contributed by atoms with Gasteiger partial charge in [0.05, 0.1) is 18.1 Å². The third-order valence-corrected chi connectivity index (χ3v) is 2.53. The third kappa shape index (κ3) is 1.40. The zero-order chi connectivity index (χ0) is 10.3. The van der Waals surface area contributed by atoms with Crippen LogP contribution in [-0.2, 0) is 4.74 Å². The number of ether oxygens (including phenoxy) is 1. The van der Waals surface area contributed by atoms with Crippen molar-refractivity contribution in [3.05, 3.63) is 59.5 Å². The maximum absolute atomic E-state index is 11.5. The van der Waals surface area contributed by atoms with Gasteiger partial charge in [-0.15, -0.1) is 0 Å². The summed E-state index contributed by atoms with van der Waals surface area (Å²) in [5.41, 5.74) is 2.42. The Morgan fingerprint density at radius 3 is 2.69 bits per heavy atom. The summed E-state index contributed by atoms with van der Waals surface area (Å²) in [6.45, 7) is 0. The number of hydrogen-bond donors (Lipinski definition) is 0. The molecule has 3 rings (SSSR count). The highest BCUT2D eigenvalue weighted by Crippen LogP contribution is 2.35. The number of esters is 1. The van der Waals surface area contributed by atoms with E-state index >= 15 is 0 Å². The fourth-order valence-electron chi connectivity index (χ4n) is 1.82. The van der Waals surface area contributed by atoms with Crippen LogP contribution in [-0.4, -0.2) is 11.4 Å². The van der Waals surface area contributed by atoms with Crippen molar-refractivity contribution in [2.75, 3.05) is 0 Å². The lowest BCUT2D eigenvalue weighted by Crippen LogP contribution is -1.98. The fraction of sp³-hybridized carbons (Fsp3) is 0.0833. The van der Waals surface area contributed by atoms with Gasteiger partial charge >= 0.3 is 5.97 Å². The molecule has 4 nitrogen and oxygen atoms in total. The second kappa shape index (κ2) is 3.83. The van der Waals surface area contributed by atoms with Gasteiger partial charge in [0.25, 0.3) is 0 Å². The molecule has 0 saturated heterocycles.